The van der Waals surface area contributed by atoms with Crippen LogP contribution in [0.3, 0.4) is 0 Å². The average Bonchev–Trinajstić information content (AvgIpc) is 2.74. The summed E-state index contributed by atoms with van der Waals surface area (Å²) >= 11 is 0. The molecule has 0 aliphatic carbocycles. The lowest BCUT2D eigenvalue weighted by Gasteiger charge is -2.10. The summed E-state index contributed by atoms with van der Waals surface area (Å²) in [5.74, 6) is 0.386. The van der Waals surface area contributed by atoms with E-state index >= 15 is 0 Å². The summed E-state index contributed by atoms with van der Waals surface area (Å²) in [4.78, 5) is 12.5. The third-order valence-electron chi connectivity index (χ3n) is 4.54. The quantitative estimate of drug-likeness (QED) is 0.570. The number of aryl methyl sites for hydroxylation is 1. The first-order chi connectivity index (χ1) is 14.4. The van der Waals surface area contributed by atoms with E-state index < -0.39 is 10.0 Å². The second kappa shape index (κ2) is 9.45. The first-order valence-electron chi connectivity index (χ1n) is 9.57. The Morgan fingerprint density at radius 1 is 0.933 bits per heavy atom. The van der Waals surface area contributed by atoms with Crippen molar-refractivity contribution < 1.29 is 17.9 Å². The predicted molar refractivity (Wildman–Crippen MR) is 117 cm³/mol. The van der Waals surface area contributed by atoms with Crippen LogP contribution in [0.4, 0.5) is 5.69 Å². The molecule has 3 aromatic rings. The van der Waals surface area contributed by atoms with Crippen LogP contribution in [-0.4, -0.2) is 20.9 Å². The van der Waals surface area contributed by atoms with Crippen LogP contribution in [0.25, 0.3) is 0 Å². The Morgan fingerprint density at radius 3 is 2.23 bits per heavy atom. The van der Waals surface area contributed by atoms with Gasteiger partial charge in [-0.25, -0.2) is 8.42 Å². The fourth-order valence-corrected chi connectivity index (χ4v) is 3.93. The number of sulfonamides is 1. The smallest absolute Gasteiger partial charge is 0.261 e. The number of ether oxygens (including phenoxy) is 1. The van der Waals surface area contributed by atoms with Crippen LogP contribution in [0.15, 0.2) is 77.7 Å². The van der Waals surface area contributed by atoms with Gasteiger partial charge in [-0.2, -0.15) is 0 Å². The van der Waals surface area contributed by atoms with Crippen molar-refractivity contribution in [1.82, 2.24) is 5.32 Å². The SMILES string of the molecule is CCOc1ccc(S(=O)(=O)Nc2ccc(C(=O)NCc3ccccc3C)cc2)cc1. The highest BCUT2D eigenvalue weighted by Gasteiger charge is 2.15. The molecular weight excluding hydrogens is 400 g/mol. The van der Waals surface area contributed by atoms with Gasteiger partial charge in [-0.1, -0.05) is 24.3 Å². The Morgan fingerprint density at radius 2 is 1.60 bits per heavy atom. The van der Waals surface area contributed by atoms with E-state index in [0.717, 1.165) is 11.1 Å². The van der Waals surface area contributed by atoms with E-state index in [0.29, 0.717) is 30.2 Å². The maximum absolute atomic E-state index is 12.5. The summed E-state index contributed by atoms with van der Waals surface area (Å²) in [6.45, 7) is 4.79. The number of hydrogen-bond acceptors (Lipinski definition) is 4. The van der Waals surface area contributed by atoms with Crippen LogP contribution in [0.5, 0.6) is 5.75 Å². The van der Waals surface area contributed by atoms with Gasteiger partial charge in [-0.3, -0.25) is 9.52 Å². The molecule has 0 bridgehead atoms. The number of benzene rings is 3. The Balaban J connectivity index is 1.63. The van der Waals surface area contributed by atoms with Crippen molar-refractivity contribution in [3.8, 4) is 5.75 Å². The topological polar surface area (TPSA) is 84.5 Å². The molecule has 0 atom stereocenters. The summed E-state index contributed by atoms with van der Waals surface area (Å²) < 4.78 is 32.9. The molecule has 156 valence electrons. The van der Waals surface area contributed by atoms with Crippen molar-refractivity contribution in [2.75, 3.05) is 11.3 Å². The summed E-state index contributed by atoms with van der Waals surface area (Å²) in [5, 5.41) is 2.88. The molecule has 1 amide bonds. The van der Waals surface area contributed by atoms with E-state index in [4.69, 9.17) is 4.74 Å². The zero-order valence-corrected chi connectivity index (χ0v) is 17.7. The minimum Gasteiger partial charge on any atom is -0.494 e. The molecule has 0 unspecified atom stereocenters. The first-order valence-corrected chi connectivity index (χ1v) is 11.1. The fourth-order valence-electron chi connectivity index (χ4n) is 2.87. The molecule has 3 rings (SSSR count). The van der Waals surface area contributed by atoms with Crippen LogP contribution in [0.1, 0.15) is 28.4 Å². The van der Waals surface area contributed by atoms with Gasteiger partial charge in [0.25, 0.3) is 15.9 Å². The second-order valence-electron chi connectivity index (χ2n) is 6.70. The molecule has 0 aromatic heterocycles. The summed E-state index contributed by atoms with van der Waals surface area (Å²) in [6, 6.07) is 20.3. The second-order valence-corrected chi connectivity index (χ2v) is 8.38. The average molecular weight is 425 g/mol. The molecule has 0 saturated heterocycles. The lowest BCUT2D eigenvalue weighted by atomic mass is 10.1. The van der Waals surface area contributed by atoms with Gasteiger partial charge in [-0.15, -0.1) is 0 Å². The number of anilines is 1. The normalized spacial score (nSPS) is 11.0. The first kappa shape index (κ1) is 21.4. The third-order valence-corrected chi connectivity index (χ3v) is 5.94. The molecule has 2 N–H and O–H groups in total. The van der Waals surface area contributed by atoms with Crippen LogP contribution >= 0.6 is 0 Å². The van der Waals surface area contributed by atoms with E-state index in [-0.39, 0.29) is 10.8 Å². The van der Waals surface area contributed by atoms with Crippen LogP contribution in [0.2, 0.25) is 0 Å². The number of rotatable bonds is 8. The van der Waals surface area contributed by atoms with Gasteiger partial charge < -0.3 is 10.1 Å². The van der Waals surface area contributed by atoms with Crippen molar-refractivity contribution in [3.05, 3.63) is 89.5 Å². The lowest BCUT2D eigenvalue weighted by Crippen LogP contribution is -2.23. The minimum atomic E-state index is -3.74. The monoisotopic (exact) mass is 424 g/mol. The highest BCUT2D eigenvalue weighted by Crippen LogP contribution is 2.20. The van der Waals surface area contributed by atoms with Gasteiger partial charge in [0.2, 0.25) is 0 Å². The molecule has 0 saturated carbocycles. The van der Waals surface area contributed by atoms with Gasteiger partial charge in [0.15, 0.2) is 0 Å². The summed E-state index contributed by atoms with van der Waals surface area (Å²) in [6.07, 6.45) is 0. The highest BCUT2D eigenvalue weighted by molar-refractivity contribution is 7.92. The molecule has 0 radical (unpaired) electrons. The van der Waals surface area contributed by atoms with E-state index in [1.807, 2.05) is 38.1 Å². The number of hydrogen-bond donors (Lipinski definition) is 2. The van der Waals surface area contributed by atoms with Crippen LogP contribution < -0.4 is 14.8 Å². The zero-order valence-electron chi connectivity index (χ0n) is 16.9. The van der Waals surface area contributed by atoms with Gasteiger partial charge in [-0.05, 0) is 73.5 Å². The van der Waals surface area contributed by atoms with Crippen molar-refractivity contribution >= 4 is 21.6 Å². The number of amides is 1. The lowest BCUT2D eigenvalue weighted by molar-refractivity contribution is 0.0951. The van der Waals surface area contributed by atoms with Crippen molar-refractivity contribution in [1.29, 1.82) is 0 Å². The van der Waals surface area contributed by atoms with Gasteiger partial charge in [0.1, 0.15) is 5.75 Å². The Bertz CT molecular complexity index is 1110. The molecule has 3 aromatic carbocycles. The zero-order chi connectivity index (χ0) is 21.6. The largest absolute Gasteiger partial charge is 0.494 e. The Hall–Kier alpha value is -3.32. The van der Waals surface area contributed by atoms with Crippen molar-refractivity contribution in [2.24, 2.45) is 0 Å². The fraction of sp³-hybridized carbons (Fsp3) is 0.174. The number of nitrogens with one attached hydrogen (secondary N) is 2. The minimum absolute atomic E-state index is 0.131. The maximum Gasteiger partial charge on any atom is 0.261 e. The molecule has 0 spiro atoms. The van der Waals surface area contributed by atoms with Gasteiger partial charge >= 0.3 is 0 Å². The maximum atomic E-state index is 12.5. The number of carbonyl (C=O) groups is 1. The molecule has 6 nitrogen and oxygen atoms in total. The molecule has 0 aliphatic rings. The van der Waals surface area contributed by atoms with Crippen molar-refractivity contribution in [3.63, 3.8) is 0 Å². The van der Waals surface area contributed by atoms with Crippen molar-refractivity contribution in [2.45, 2.75) is 25.3 Å². The van der Waals surface area contributed by atoms with Crippen LogP contribution in [0, 0.1) is 6.92 Å². The summed E-state index contributed by atoms with van der Waals surface area (Å²) in [7, 11) is -3.74. The van der Waals surface area contributed by atoms with Gasteiger partial charge in [0.05, 0.1) is 11.5 Å². The number of carbonyl (C=O) groups excluding carboxylic acids is 1. The van der Waals surface area contributed by atoms with Crippen LogP contribution in [-0.2, 0) is 16.6 Å². The standard InChI is InChI=1S/C23H24N2O4S/c1-3-29-21-12-14-22(15-13-21)30(27,28)25-20-10-8-18(9-11-20)23(26)24-16-19-7-5-4-6-17(19)2/h4-15,25H,3,16H2,1-2H3,(H,24,26). The Labute approximate surface area is 177 Å². The van der Waals surface area contributed by atoms with E-state index in [1.165, 1.54) is 12.1 Å². The molecule has 0 fully saturated rings. The van der Waals surface area contributed by atoms with E-state index in [1.54, 1.807) is 36.4 Å². The van der Waals surface area contributed by atoms with E-state index in [2.05, 4.69) is 10.0 Å². The molecule has 0 heterocycles. The Kier molecular flexibility index (Phi) is 6.74. The molecule has 7 heteroatoms. The van der Waals surface area contributed by atoms with Gasteiger partial charge in [0, 0.05) is 17.8 Å². The molecular formula is C23H24N2O4S. The predicted octanol–water partition coefficient (Wildman–Crippen LogP) is 4.12. The third kappa shape index (κ3) is 5.39. The molecule has 30 heavy (non-hydrogen) atoms. The van der Waals surface area contributed by atoms with E-state index in [9.17, 15) is 13.2 Å². The summed E-state index contributed by atoms with van der Waals surface area (Å²) in [5.41, 5.74) is 2.98. The highest BCUT2D eigenvalue weighted by atomic mass is 32.2. The molecule has 0 aliphatic heterocycles.